The Hall–Kier alpha value is -1.73. The molecule has 0 radical (unpaired) electrons. The van der Waals surface area contributed by atoms with E-state index in [1.54, 1.807) is 13.2 Å². The molecule has 0 spiro atoms. The minimum absolute atomic E-state index is 0.0439. The first-order chi connectivity index (χ1) is 8.74. The van der Waals surface area contributed by atoms with E-state index in [0.29, 0.717) is 5.82 Å². The number of carbonyl (C=O) groups excluding carboxylic acids is 1. The number of hydrogen-bond donors (Lipinski definition) is 2. The highest BCUT2D eigenvalue weighted by atomic mass is 16.5. The fraction of sp³-hybridized carbons (Fsp3) is 0.545. The second kappa shape index (κ2) is 5.74. The number of hydrogen-bond acceptors (Lipinski definition) is 7. The van der Waals surface area contributed by atoms with Crippen LogP contribution in [0.2, 0.25) is 0 Å². The van der Waals surface area contributed by atoms with E-state index >= 15 is 0 Å². The van der Waals surface area contributed by atoms with Gasteiger partial charge in [0.15, 0.2) is 0 Å². The number of carbonyl (C=O) groups is 1. The SMILES string of the molecule is COC(=O)c1nccc(NC2CNC[C@@H]2OC)n1. The van der Waals surface area contributed by atoms with Crippen molar-refractivity contribution in [2.45, 2.75) is 12.1 Å². The van der Waals surface area contributed by atoms with Crippen molar-refractivity contribution >= 4 is 11.8 Å². The van der Waals surface area contributed by atoms with Gasteiger partial charge >= 0.3 is 5.97 Å². The number of rotatable bonds is 4. The molecule has 18 heavy (non-hydrogen) atoms. The number of ether oxygens (including phenoxy) is 2. The molecule has 0 amide bonds. The molecule has 2 N–H and O–H groups in total. The number of esters is 1. The molecule has 0 saturated carbocycles. The van der Waals surface area contributed by atoms with Gasteiger partial charge in [0.25, 0.3) is 0 Å². The average molecular weight is 252 g/mol. The van der Waals surface area contributed by atoms with Gasteiger partial charge in [-0.15, -0.1) is 0 Å². The van der Waals surface area contributed by atoms with Crippen LogP contribution in [0.4, 0.5) is 5.82 Å². The molecule has 1 aliphatic rings. The van der Waals surface area contributed by atoms with E-state index < -0.39 is 5.97 Å². The van der Waals surface area contributed by atoms with Crippen LogP contribution >= 0.6 is 0 Å². The first kappa shape index (κ1) is 12.7. The molecular formula is C11H16N4O3. The molecule has 7 nitrogen and oxygen atoms in total. The van der Waals surface area contributed by atoms with Gasteiger partial charge in [-0.05, 0) is 6.07 Å². The predicted octanol–water partition coefficient (Wildman–Crippen LogP) is -0.338. The zero-order valence-corrected chi connectivity index (χ0v) is 10.3. The largest absolute Gasteiger partial charge is 0.463 e. The molecule has 1 fully saturated rings. The molecule has 98 valence electrons. The van der Waals surface area contributed by atoms with Gasteiger partial charge < -0.3 is 20.1 Å². The van der Waals surface area contributed by atoms with Crippen LogP contribution in [0.15, 0.2) is 12.3 Å². The number of methoxy groups -OCH3 is 2. The fourth-order valence-electron chi connectivity index (χ4n) is 1.87. The Morgan fingerprint density at radius 3 is 3.06 bits per heavy atom. The summed E-state index contributed by atoms with van der Waals surface area (Å²) in [6.07, 6.45) is 1.60. The number of nitrogens with one attached hydrogen (secondary N) is 2. The van der Waals surface area contributed by atoms with Crippen molar-refractivity contribution in [3.05, 3.63) is 18.1 Å². The van der Waals surface area contributed by atoms with Crippen molar-refractivity contribution < 1.29 is 14.3 Å². The van der Waals surface area contributed by atoms with Gasteiger partial charge in [0.05, 0.1) is 19.3 Å². The topological polar surface area (TPSA) is 85.4 Å². The van der Waals surface area contributed by atoms with Gasteiger partial charge in [0.2, 0.25) is 5.82 Å². The Morgan fingerprint density at radius 2 is 2.33 bits per heavy atom. The van der Waals surface area contributed by atoms with Crippen molar-refractivity contribution in [2.75, 3.05) is 32.6 Å². The molecule has 1 saturated heterocycles. The van der Waals surface area contributed by atoms with E-state index in [4.69, 9.17) is 4.74 Å². The van der Waals surface area contributed by atoms with Gasteiger partial charge in [-0.1, -0.05) is 0 Å². The van der Waals surface area contributed by atoms with Crippen LogP contribution in [0.25, 0.3) is 0 Å². The predicted molar refractivity (Wildman–Crippen MR) is 64.4 cm³/mol. The zero-order valence-electron chi connectivity index (χ0n) is 10.3. The fourth-order valence-corrected chi connectivity index (χ4v) is 1.87. The third-order valence-electron chi connectivity index (χ3n) is 2.82. The third kappa shape index (κ3) is 2.74. The molecule has 0 aromatic carbocycles. The normalized spacial score (nSPS) is 22.8. The average Bonchev–Trinajstić information content (AvgIpc) is 2.85. The molecule has 0 bridgehead atoms. The Morgan fingerprint density at radius 1 is 1.50 bits per heavy atom. The van der Waals surface area contributed by atoms with E-state index in [9.17, 15) is 4.79 Å². The monoisotopic (exact) mass is 252 g/mol. The van der Waals surface area contributed by atoms with Crippen LogP contribution in [-0.4, -0.2) is 55.4 Å². The lowest BCUT2D eigenvalue weighted by Gasteiger charge is -2.19. The van der Waals surface area contributed by atoms with Crippen molar-refractivity contribution in [3.63, 3.8) is 0 Å². The molecular weight excluding hydrogens is 236 g/mol. The number of aromatic nitrogens is 2. The van der Waals surface area contributed by atoms with Crippen molar-refractivity contribution in [1.29, 1.82) is 0 Å². The summed E-state index contributed by atoms with van der Waals surface area (Å²) in [6, 6.07) is 1.83. The highest BCUT2D eigenvalue weighted by molar-refractivity contribution is 5.85. The van der Waals surface area contributed by atoms with Gasteiger partial charge in [-0.25, -0.2) is 14.8 Å². The van der Waals surface area contributed by atoms with Crippen molar-refractivity contribution in [2.24, 2.45) is 0 Å². The third-order valence-corrected chi connectivity index (χ3v) is 2.82. The molecule has 2 rings (SSSR count). The van der Waals surface area contributed by atoms with Crippen molar-refractivity contribution in [1.82, 2.24) is 15.3 Å². The van der Waals surface area contributed by atoms with E-state index in [1.165, 1.54) is 13.3 Å². The summed E-state index contributed by atoms with van der Waals surface area (Å²) in [7, 11) is 2.97. The maximum atomic E-state index is 11.3. The minimum atomic E-state index is -0.550. The van der Waals surface area contributed by atoms with Crippen LogP contribution in [-0.2, 0) is 9.47 Å². The first-order valence-electron chi connectivity index (χ1n) is 5.66. The second-order valence-electron chi connectivity index (χ2n) is 3.94. The second-order valence-corrected chi connectivity index (χ2v) is 3.94. The highest BCUT2D eigenvalue weighted by Gasteiger charge is 2.27. The quantitative estimate of drug-likeness (QED) is 0.709. The summed E-state index contributed by atoms with van der Waals surface area (Å²) < 4.78 is 9.91. The van der Waals surface area contributed by atoms with Crippen molar-refractivity contribution in [3.8, 4) is 0 Å². The van der Waals surface area contributed by atoms with E-state index in [1.807, 2.05) is 0 Å². The standard InChI is InChI=1S/C11H16N4O3/c1-17-8-6-12-5-7(8)14-9-3-4-13-10(15-9)11(16)18-2/h3-4,7-8,12H,5-6H2,1-2H3,(H,13,14,15)/t7?,8-/m0/s1. The Labute approximate surface area is 105 Å². The van der Waals surface area contributed by atoms with Crippen LogP contribution < -0.4 is 10.6 Å². The first-order valence-corrected chi connectivity index (χ1v) is 5.66. The summed E-state index contributed by atoms with van der Waals surface area (Å²) >= 11 is 0. The van der Waals surface area contributed by atoms with Crippen LogP contribution in [0.3, 0.4) is 0 Å². The molecule has 0 aliphatic carbocycles. The smallest absolute Gasteiger partial charge is 0.376 e. The van der Waals surface area contributed by atoms with Gasteiger partial charge in [-0.3, -0.25) is 0 Å². The molecule has 2 atom stereocenters. The molecule has 1 aromatic heterocycles. The van der Waals surface area contributed by atoms with Gasteiger partial charge in [0, 0.05) is 26.4 Å². The minimum Gasteiger partial charge on any atom is -0.463 e. The summed E-state index contributed by atoms with van der Waals surface area (Å²) in [5, 5.41) is 6.43. The molecule has 1 unspecified atom stereocenters. The Balaban J connectivity index is 2.07. The molecule has 7 heteroatoms. The number of anilines is 1. The highest BCUT2D eigenvalue weighted by Crippen LogP contribution is 2.11. The Kier molecular flexibility index (Phi) is 4.06. The number of nitrogens with zero attached hydrogens (tertiary/aromatic N) is 2. The summed E-state index contributed by atoms with van der Waals surface area (Å²) in [5.74, 6) is 0.0788. The van der Waals surface area contributed by atoms with E-state index in [-0.39, 0.29) is 18.0 Å². The van der Waals surface area contributed by atoms with Gasteiger partial charge in [-0.2, -0.15) is 0 Å². The van der Waals surface area contributed by atoms with E-state index in [0.717, 1.165) is 13.1 Å². The lowest BCUT2D eigenvalue weighted by Crippen LogP contribution is -2.34. The summed E-state index contributed by atoms with van der Waals surface area (Å²) in [6.45, 7) is 1.58. The van der Waals surface area contributed by atoms with E-state index in [2.05, 4.69) is 25.3 Å². The van der Waals surface area contributed by atoms with Gasteiger partial charge in [0.1, 0.15) is 5.82 Å². The maximum Gasteiger partial charge on any atom is 0.376 e. The van der Waals surface area contributed by atoms with Crippen LogP contribution in [0.1, 0.15) is 10.6 Å². The maximum absolute atomic E-state index is 11.3. The Bertz CT molecular complexity index is 427. The summed E-state index contributed by atoms with van der Waals surface area (Å²) in [4.78, 5) is 19.3. The lowest BCUT2D eigenvalue weighted by molar-refractivity contribution is 0.0587. The zero-order chi connectivity index (χ0) is 13.0. The van der Waals surface area contributed by atoms with Crippen LogP contribution in [0.5, 0.6) is 0 Å². The molecule has 1 aliphatic heterocycles. The summed E-state index contributed by atoms with van der Waals surface area (Å²) in [5.41, 5.74) is 0. The molecule has 1 aromatic rings. The lowest BCUT2D eigenvalue weighted by atomic mass is 10.2. The van der Waals surface area contributed by atoms with Crippen LogP contribution in [0, 0.1) is 0 Å². The molecule has 2 heterocycles.